The Morgan fingerprint density at radius 2 is 1.70 bits per heavy atom. The molecule has 1 heterocycles. The first-order valence-electron chi connectivity index (χ1n) is 10.5. The second-order valence-electron chi connectivity index (χ2n) is 8.07. The van der Waals surface area contributed by atoms with E-state index >= 15 is 0 Å². The van der Waals surface area contributed by atoms with Gasteiger partial charge in [-0.05, 0) is 43.4 Å². The summed E-state index contributed by atoms with van der Waals surface area (Å²) in [7, 11) is 3.98. The van der Waals surface area contributed by atoms with Crippen molar-refractivity contribution in [3.63, 3.8) is 0 Å². The average molecular weight is 405 g/mol. The summed E-state index contributed by atoms with van der Waals surface area (Å²) in [5.41, 5.74) is 1.95. The Morgan fingerprint density at radius 3 is 2.43 bits per heavy atom. The van der Waals surface area contributed by atoms with Crippen molar-refractivity contribution in [3.8, 4) is 0 Å². The second-order valence-corrected chi connectivity index (χ2v) is 8.07. The molecule has 6 heteroatoms. The van der Waals surface area contributed by atoms with Crippen LogP contribution in [0.3, 0.4) is 0 Å². The first-order chi connectivity index (χ1) is 14.6. The third-order valence-electron chi connectivity index (χ3n) is 5.62. The van der Waals surface area contributed by atoms with Crippen LogP contribution in [0.5, 0.6) is 0 Å². The minimum absolute atomic E-state index is 0.0263. The maximum atomic E-state index is 12.4. The Kier molecular flexibility index (Phi) is 6.12. The van der Waals surface area contributed by atoms with E-state index in [1.165, 1.54) is 0 Å². The van der Waals surface area contributed by atoms with Gasteiger partial charge in [-0.15, -0.1) is 0 Å². The molecule has 0 aliphatic heterocycles. The quantitative estimate of drug-likeness (QED) is 0.614. The summed E-state index contributed by atoms with van der Waals surface area (Å²) in [5, 5.41) is 4.52. The summed E-state index contributed by atoms with van der Waals surface area (Å²) in [6.45, 7) is 0.343. The molecule has 1 aliphatic carbocycles. The largest absolute Gasteiger partial charge is 0.461 e. The molecule has 1 aliphatic rings. The summed E-state index contributed by atoms with van der Waals surface area (Å²) >= 11 is 0. The van der Waals surface area contributed by atoms with Crippen LogP contribution in [0.15, 0.2) is 54.6 Å². The standard InChI is InChI=1S/C24H28N4O2/c1-28(2)22-20-10-6-7-11-21(20)26-24(27-22)25-19-14-12-18(13-15-19)23(29)30-16-17-8-4-3-5-9-17/h3-11,18-19H,12-16H2,1-2H3,(H,25,26,27). The van der Waals surface area contributed by atoms with Crippen LogP contribution < -0.4 is 10.2 Å². The molecule has 30 heavy (non-hydrogen) atoms. The normalized spacial score (nSPS) is 18.7. The van der Waals surface area contributed by atoms with Gasteiger partial charge in [0.2, 0.25) is 5.95 Å². The van der Waals surface area contributed by atoms with E-state index in [1.54, 1.807) is 0 Å². The second kappa shape index (κ2) is 9.11. The first kappa shape index (κ1) is 20.1. The van der Waals surface area contributed by atoms with Gasteiger partial charge in [-0.3, -0.25) is 4.79 Å². The highest BCUT2D eigenvalue weighted by atomic mass is 16.5. The van der Waals surface area contributed by atoms with E-state index in [0.717, 1.165) is 48.0 Å². The number of aromatic nitrogens is 2. The lowest BCUT2D eigenvalue weighted by Gasteiger charge is -2.28. The Morgan fingerprint density at radius 1 is 1.00 bits per heavy atom. The van der Waals surface area contributed by atoms with Crippen molar-refractivity contribution in [3.05, 3.63) is 60.2 Å². The van der Waals surface area contributed by atoms with Crippen molar-refractivity contribution in [2.45, 2.75) is 38.3 Å². The molecule has 1 fully saturated rings. The molecule has 0 amide bonds. The van der Waals surface area contributed by atoms with E-state index < -0.39 is 0 Å². The number of hydrogen-bond donors (Lipinski definition) is 1. The Balaban J connectivity index is 1.34. The molecule has 1 aromatic heterocycles. The van der Waals surface area contributed by atoms with E-state index in [2.05, 4.69) is 10.3 Å². The van der Waals surface area contributed by atoms with E-state index in [4.69, 9.17) is 9.72 Å². The van der Waals surface area contributed by atoms with Crippen molar-refractivity contribution in [1.82, 2.24) is 9.97 Å². The van der Waals surface area contributed by atoms with Crippen LogP contribution in [0.1, 0.15) is 31.2 Å². The lowest BCUT2D eigenvalue weighted by atomic mass is 9.86. The zero-order valence-corrected chi connectivity index (χ0v) is 17.5. The molecule has 0 saturated heterocycles. The Hall–Kier alpha value is -3.15. The van der Waals surface area contributed by atoms with Crippen LogP contribution in [0, 0.1) is 5.92 Å². The summed E-state index contributed by atoms with van der Waals surface area (Å²) in [4.78, 5) is 23.9. The fourth-order valence-corrected chi connectivity index (χ4v) is 3.97. The van der Waals surface area contributed by atoms with Gasteiger partial charge >= 0.3 is 5.97 Å². The molecule has 1 N–H and O–H groups in total. The van der Waals surface area contributed by atoms with Crippen molar-refractivity contribution in [2.24, 2.45) is 5.92 Å². The summed E-state index contributed by atoms with van der Waals surface area (Å²) in [5.74, 6) is 1.43. The van der Waals surface area contributed by atoms with Crippen molar-refractivity contribution < 1.29 is 9.53 Å². The van der Waals surface area contributed by atoms with Crippen molar-refractivity contribution in [2.75, 3.05) is 24.3 Å². The van der Waals surface area contributed by atoms with Gasteiger partial charge in [-0.1, -0.05) is 42.5 Å². The third kappa shape index (κ3) is 4.70. The van der Waals surface area contributed by atoms with Crippen LogP contribution >= 0.6 is 0 Å². The zero-order chi connectivity index (χ0) is 20.9. The van der Waals surface area contributed by atoms with Crippen LogP contribution in [-0.4, -0.2) is 36.1 Å². The van der Waals surface area contributed by atoms with Gasteiger partial charge in [0.15, 0.2) is 0 Å². The van der Waals surface area contributed by atoms with E-state index in [-0.39, 0.29) is 17.9 Å². The number of ether oxygens (including phenoxy) is 1. The molecule has 1 saturated carbocycles. The number of nitrogens with one attached hydrogen (secondary N) is 1. The number of hydrogen-bond acceptors (Lipinski definition) is 6. The van der Waals surface area contributed by atoms with Crippen LogP contribution in [0.4, 0.5) is 11.8 Å². The minimum Gasteiger partial charge on any atom is -0.461 e. The number of para-hydroxylation sites is 1. The molecule has 0 unspecified atom stereocenters. The molecular weight excluding hydrogens is 376 g/mol. The van der Waals surface area contributed by atoms with Crippen LogP contribution in [0.25, 0.3) is 10.9 Å². The van der Waals surface area contributed by atoms with E-state index in [0.29, 0.717) is 12.6 Å². The molecule has 0 bridgehead atoms. The molecule has 0 radical (unpaired) electrons. The summed E-state index contributed by atoms with van der Waals surface area (Å²) in [6, 6.07) is 18.1. The number of carbonyl (C=O) groups is 1. The number of rotatable bonds is 6. The maximum absolute atomic E-state index is 12.4. The SMILES string of the molecule is CN(C)c1nc(NC2CCC(C(=O)OCc3ccccc3)CC2)nc2ccccc12. The fraction of sp³-hybridized carbons (Fsp3) is 0.375. The average Bonchev–Trinajstić information content (AvgIpc) is 2.78. The Bertz CT molecular complexity index is 999. The summed E-state index contributed by atoms with van der Waals surface area (Å²) in [6.07, 6.45) is 3.44. The molecule has 6 nitrogen and oxygen atoms in total. The van der Waals surface area contributed by atoms with Gasteiger partial charge in [0.1, 0.15) is 12.4 Å². The van der Waals surface area contributed by atoms with Crippen molar-refractivity contribution in [1.29, 1.82) is 0 Å². The highest BCUT2D eigenvalue weighted by Crippen LogP contribution is 2.29. The van der Waals surface area contributed by atoms with Crippen LogP contribution in [-0.2, 0) is 16.1 Å². The molecule has 156 valence electrons. The van der Waals surface area contributed by atoms with E-state index in [1.807, 2.05) is 73.6 Å². The molecule has 4 rings (SSSR count). The van der Waals surface area contributed by atoms with Gasteiger partial charge < -0.3 is 15.0 Å². The van der Waals surface area contributed by atoms with Gasteiger partial charge in [-0.25, -0.2) is 4.98 Å². The number of benzene rings is 2. The van der Waals surface area contributed by atoms with Gasteiger partial charge in [-0.2, -0.15) is 4.98 Å². The van der Waals surface area contributed by atoms with Gasteiger partial charge in [0.05, 0.1) is 11.4 Å². The predicted octanol–water partition coefficient (Wildman–Crippen LogP) is 4.41. The maximum Gasteiger partial charge on any atom is 0.309 e. The highest BCUT2D eigenvalue weighted by molar-refractivity contribution is 5.90. The third-order valence-corrected chi connectivity index (χ3v) is 5.62. The van der Waals surface area contributed by atoms with Crippen molar-refractivity contribution >= 4 is 28.6 Å². The number of nitrogens with zero attached hydrogens (tertiary/aromatic N) is 3. The molecular formula is C24H28N4O2. The zero-order valence-electron chi connectivity index (χ0n) is 17.5. The summed E-state index contributed by atoms with van der Waals surface area (Å²) < 4.78 is 5.52. The number of carbonyl (C=O) groups excluding carboxylic acids is 1. The first-order valence-corrected chi connectivity index (χ1v) is 10.5. The lowest BCUT2D eigenvalue weighted by Crippen LogP contribution is -2.31. The predicted molar refractivity (Wildman–Crippen MR) is 119 cm³/mol. The molecule has 3 aromatic rings. The number of esters is 1. The monoisotopic (exact) mass is 404 g/mol. The topological polar surface area (TPSA) is 67.4 Å². The number of fused-ring (bicyclic) bond motifs is 1. The lowest BCUT2D eigenvalue weighted by molar-refractivity contribution is -0.151. The van der Waals surface area contributed by atoms with Gasteiger partial charge in [0.25, 0.3) is 0 Å². The minimum atomic E-state index is -0.0887. The van der Waals surface area contributed by atoms with Gasteiger partial charge in [0, 0.05) is 25.5 Å². The van der Waals surface area contributed by atoms with E-state index in [9.17, 15) is 4.79 Å². The highest BCUT2D eigenvalue weighted by Gasteiger charge is 2.28. The molecule has 0 spiro atoms. The Labute approximate surface area is 177 Å². The fourth-order valence-electron chi connectivity index (χ4n) is 3.97. The number of anilines is 2. The molecule has 2 aromatic carbocycles. The smallest absolute Gasteiger partial charge is 0.309 e. The van der Waals surface area contributed by atoms with Crippen LogP contribution in [0.2, 0.25) is 0 Å². The molecule has 0 atom stereocenters.